The second-order valence-corrected chi connectivity index (χ2v) is 4.03. The zero-order valence-corrected chi connectivity index (χ0v) is 9.69. The van der Waals surface area contributed by atoms with E-state index in [1.165, 1.54) is 0 Å². The van der Waals surface area contributed by atoms with E-state index in [9.17, 15) is 0 Å². The summed E-state index contributed by atoms with van der Waals surface area (Å²) in [4.78, 5) is 4.00. The molecule has 0 bridgehead atoms. The highest BCUT2D eigenvalue weighted by molar-refractivity contribution is 6.30. The average molecular weight is 236 g/mol. The second-order valence-electron chi connectivity index (χ2n) is 3.59. The van der Waals surface area contributed by atoms with Crippen LogP contribution in [0.15, 0.2) is 43.0 Å². The van der Waals surface area contributed by atoms with Crippen molar-refractivity contribution < 1.29 is 0 Å². The molecule has 0 saturated carbocycles. The Kier molecular flexibility index (Phi) is 3.83. The quantitative estimate of drug-likeness (QED) is 0.808. The van der Waals surface area contributed by atoms with Crippen LogP contribution in [-0.4, -0.2) is 16.1 Å². The summed E-state index contributed by atoms with van der Waals surface area (Å²) in [6.45, 7) is 1.91. The Balaban J connectivity index is 1.72. The molecule has 2 aromatic rings. The number of aryl methyl sites for hydroxylation is 1. The number of hydrogen-bond acceptors (Lipinski definition) is 2. The second kappa shape index (κ2) is 5.56. The van der Waals surface area contributed by atoms with Crippen molar-refractivity contribution in [1.82, 2.24) is 9.55 Å². The van der Waals surface area contributed by atoms with E-state index in [1.807, 2.05) is 36.8 Å². The van der Waals surface area contributed by atoms with E-state index in [-0.39, 0.29) is 0 Å². The Labute approximate surface area is 100 Å². The summed E-state index contributed by atoms with van der Waals surface area (Å²) in [6.07, 6.45) is 6.66. The molecule has 1 N–H and O–H groups in total. The van der Waals surface area contributed by atoms with E-state index < -0.39 is 0 Å². The predicted octanol–water partition coefficient (Wildman–Crippen LogP) is 3.04. The SMILES string of the molecule is Clc1cccc(NCCCn2ccnc2)c1. The van der Waals surface area contributed by atoms with Crippen LogP contribution in [0.4, 0.5) is 5.69 Å². The van der Waals surface area contributed by atoms with Crippen molar-refractivity contribution in [2.24, 2.45) is 0 Å². The number of rotatable bonds is 5. The van der Waals surface area contributed by atoms with Gasteiger partial charge in [-0.3, -0.25) is 0 Å². The molecule has 0 unspecified atom stereocenters. The van der Waals surface area contributed by atoms with Crippen molar-refractivity contribution in [3.05, 3.63) is 48.0 Å². The maximum Gasteiger partial charge on any atom is 0.0945 e. The highest BCUT2D eigenvalue weighted by Gasteiger charge is 1.93. The van der Waals surface area contributed by atoms with E-state index in [0.29, 0.717) is 0 Å². The Bertz CT molecular complexity index is 426. The van der Waals surface area contributed by atoms with Gasteiger partial charge in [-0.15, -0.1) is 0 Å². The molecule has 0 spiro atoms. The summed E-state index contributed by atoms with van der Waals surface area (Å²) in [5, 5.41) is 4.09. The van der Waals surface area contributed by atoms with Crippen molar-refractivity contribution in [1.29, 1.82) is 0 Å². The van der Waals surface area contributed by atoms with Gasteiger partial charge in [-0.1, -0.05) is 17.7 Å². The fourth-order valence-electron chi connectivity index (χ4n) is 1.51. The zero-order valence-electron chi connectivity index (χ0n) is 8.94. The minimum absolute atomic E-state index is 0.764. The number of nitrogens with zero attached hydrogens (tertiary/aromatic N) is 2. The number of nitrogens with one attached hydrogen (secondary N) is 1. The van der Waals surface area contributed by atoms with Crippen molar-refractivity contribution in [2.45, 2.75) is 13.0 Å². The number of halogens is 1. The summed E-state index contributed by atoms with van der Waals surface area (Å²) in [5.74, 6) is 0. The molecule has 3 nitrogen and oxygen atoms in total. The highest BCUT2D eigenvalue weighted by Crippen LogP contribution is 2.14. The Morgan fingerprint density at radius 2 is 2.31 bits per heavy atom. The molecule has 1 aromatic heterocycles. The van der Waals surface area contributed by atoms with E-state index in [1.54, 1.807) is 6.20 Å². The van der Waals surface area contributed by atoms with Gasteiger partial charge in [-0.25, -0.2) is 4.98 Å². The average Bonchev–Trinajstić information content (AvgIpc) is 2.77. The van der Waals surface area contributed by atoms with Gasteiger partial charge in [-0.05, 0) is 24.6 Å². The monoisotopic (exact) mass is 235 g/mol. The molecule has 2 rings (SSSR count). The van der Waals surface area contributed by atoms with Crippen LogP contribution in [0.25, 0.3) is 0 Å². The first kappa shape index (κ1) is 11.0. The van der Waals surface area contributed by atoms with Gasteiger partial charge in [0, 0.05) is 36.2 Å². The molecular formula is C12H14ClN3. The standard InChI is InChI=1S/C12H14ClN3/c13-11-3-1-4-12(9-11)15-5-2-7-16-8-6-14-10-16/h1,3-4,6,8-10,15H,2,5,7H2. The fraction of sp³-hybridized carbons (Fsp3) is 0.250. The smallest absolute Gasteiger partial charge is 0.0945 e. The lowest BCUT2D eigenvalue weighted by atomic mass is 10.3. The van der Waals surface area contributed by atoms with E-state index in [4.69, 9.17) is 11.6 Å². The molecule has 0 atom stereocenters. The minimum Gasteiger partial charge on any atom is -0.385 e. The lowest BCUT2D eigenvalue weighted by molar-refractivity contribution is 0.661. The van der Waals surface area contributed by atoms with Crippen molar-refractivity contribution >= 4 is 17.3 Å². The molecule has 0 aliphatic carbocycles. The summed E-state index contributed by atoms with van der Waals surface area (Å²) in [7, 11) is 0. The third kappa shape index (κ3) is 3.28. The van der Waals surface area contributed by atoms with E-state index >= 15 is 0 Å². The number of benzene rings is 1. The lowest BCUT2D eigenvalue weighted by Gasteiger charge is -2.06. The molecule has 4 heteroatoms. The molecular weight excluding hydrogens is 222 g/mol. The number of aromatic nitrogens is 2. The highest BCUT2D eigenvalue weighted by atomic mass is 35.5. The van der Waals surface area contributed by atoms with Gasteiger partial charge in [0.1, 0.15) is 0 Å². The number of hydrogen-bond donors (Lipinski definition) is 1. The van der Waals surface area contributed by atoms with Crippen molar-refractivity contribution in [2.75, 3.05) is 11.9 Å². The normalized spacial score (nSPS) is 10.3. The summed E-state index contributed by atoms with van der Waals surface area (Å²) in [5.41, 5.74) is 1.07. The van der Waals surface area contributed by atoms with Gasteiger partial charge in [0.25, 0.3) is 0 Å². The molecule has 1 heterocycles. The molecule has 0 aliphatic heterocycles. The summed E-state index contributed by atoms with van der Waals surface area (Å²) >= 11 is 5.89. The van der Waals surface area contributed by atoms with Crippen molar-refractivity contribution in [3.8, 4) is 0 Å². The van der Waals surface area contributed by atoms with Gasteiger partial charge < -0.3 is 9.88 Å². The van der Waals surface area contributed by atoms with Gasteiger partial charge in [-0.2, -0.15) is 0 Å². The zero-order chi connectivity index (χ0) is 11.2. The number of imidazole rings is 1. The van der Waals surface area contributed by atoms with E-state index in [2.05, 4.69) is 14.9 Å². The predicted molar refractivity (Wildman–Crippen MR) is 66.8 cm³/mol. The first-order valence-corrected chi connectivity index (χ1v) is 5.67. The third-order valence-corrected chi connectivity index (χ3v) is 2.54. The first-order valence-electron chi connectivity index (χ1n) is 5.30. The van der Waals surface area contributed by atoms with Gasteiger partial charge in [0.15, 0.2) is 0 Å². The molecule has 1 aromatic carbocycles. The molecule has 16 heavy (non-hydrogen) atoms. The lowest BCUT2D eigenvalue weighted by Crippen LogP contribution is -2.05. The molecule has 0 fully saturated rings. The van der Waals surface area contributed by atoms with Crippen LogP contribution >= 0.6 is 11.6 Å². The van der Waals surface area contributed by atoms with Gasteiger partial charge in [0.2, 0.25) is 0 Å². The van der Waals surface area contributed by atoms with Crippen LogP contribution in [-0.2, 0) is 6.54 Å². The maximum atomic E-state index is 5.89. The van der Waals surface area contributed by atoms with Crippen LogP contribution < -0.4 is 5.32 Å². The van der Waals surface area contributed by atoms with Crippen LogP contribution in [0, 0.1) is 0 Å². The Morgan fingerprint density at radius 1 is 1.38 bits per heavy atom. The summed E-state index contributed by atoms with van der Waals surface area (Å²) < 4.78 is 2.07. The first-order chi connectivity index (χ1) is 7.84. The Hall–Kier alpha value is -1.48. The molecule has 0 amide bonds. The largest absolute Gasteiger partial charge is 0.385 e. The Morgan fingerprint density at radius 3 is 3.06 bits per heavy atom. The maximum absolute atomic E-state index is 5.89. The molecule has 84 valence electrons. The van der Waals surface area contributed by atoms with Crippen LogP contribution in [0.2, 0.25) is 5.02 Å². The van der Waals surface area contributed by atoms with Gasteiger partial charge in [0.05, 0.1) is 6.33 Å². The molecule has 0 radical (unpaired) electrons. The third-order valence-electron chi connectivity index (χ3n) is 2.31. The number of anilines is 1. The molecule has 0 saturated heterocycles. The van der Waals surface area contributed by atoms with Gasteiger partial charge >= 0.3 is 0 Å². The topological polar surface area (TPSA) is 29.9 Å². The summed E-state index contributed by atoms with van der Waals surface area (Å²) in [6, 6.07) is 7.76. The van der Waals surface area contributed by atoms with Crippen LogP contribution in [0.5, 0.6) is 0 Å². The van der Waals surface area contributed by atoms with Crippen LogP contribution in [0.3, 0.4) is 0 Å². The minimum atomic E-state index is 0.764. The van der Waals surface area contributed by atoms with E-state index in [0.717, 1.165) is 30.2 Å². The van der Waals surface area contributed by atoms with Crippen molar-refractivity contribution in [3.63, 3.8) is 0 Å². The fourth-order valence-corrected chi connectivity index (χ4v) is 1.70. The van der Waals surface area contributed by atoms with Crippen LogP contribution in [0.1, 0.15) is 6.42 Å². The molecule has 0 aliphatic rings.